The molecule has 1 atom stereocenters. The number of rotatable bonds is 6. The highest BCUT2D eigenvalue weighted by Gasteiger charge is 2.20. The summed E-state index contributed by atoms with van der Waals surface area (Å²) in [5, 5.41) is 3.25. The fourth-order valence-corrected chi connectivity index (χ4v) is 1.58. The monoisotopic (exact) mass is 237 g/mol. The predicted octanol–water partition coefficient (Wildman–Crippen LogP) is 2.25. The lowest BCUT2D eigenvalue weighted by atomic mass is 9.98. The lowest BCUT2D eigenvalue weighted by Crippen LogP contribution is -2.26. The molecule has 1 N–H and O–H groups in total. The van der Waals surface area contributed by atoms with Crippen molar-refractivity contribution >= 4 is 0 Å². The van der Waals surface area contributed by atoms with Crippen molar-refractivity contribution in [2.45, 2.75) is 45.3 Å². The molecule has 96 valence electrons. The van der Waals surface area contributed by atoms with Gasteiger partial charge in [0.05, 0.1) is 11.6 Å². The number of aryl methyl sites for hydroxylation is 1. The normalized spacial score (nSPS) is 13.7. The van der Waals surface area contributed by atoms with Crippen LogP contribution in [0.4, 0.5) is 0 Å². The van der Waals surface area contributed by atoms with Gasteiger partial charge < -0.3 is 10.1 Å². The van der Waals surface area contributed by atoms with Crippen molar-refractivity contribution in [3.8, 4) is 0 Å². The summed E-state index contributed by atoms with van der Waals surface area (Å²) in [6.45, 7) is 6.18. The smallest absolute Gasteiger partial charge is 0.145 e. The molecule has 0 amide bonds. The van der Waals surface area contributed by atoms with Crippen LogP contribution < -0.4 is 5.32 Å². The van der Waals surface area contributed by atoms with Gasteiger partial charge in [-0.1, -0.05) is 0 Å². The van der Waals surface area contributed by atoms with Crippen LogP contribution in [0.5, 0.6) is 0 Å². The van der Waals surface area contributed by atoms with E-state index in [0.717, 1.165) is 24.2 Å². The summed E-state index contributed by atoms with van der Waals surface area (Å²) < 4.78 is 5.42. The van der Waals surface area contributed by atoms with Crippen molar-refractivity contribution < 1.29 is 4.74 Å². The molecular weight excluding hydrogens is 214 g/mol. The van der Waals surface area contributed by atoms with Crippen molar-refractivity contribution in [2.24, 2.45) is 0 Å². The fraction of sp³-hybridized carbons (Fsp3) is 0.692. The second kappa shape index (κ2) is 6.07. The zero-order chi connectivity index (χ0) is 12.9. The quantitative estimate of drug-likeness (QED) is 0.824. The minimum absolute atomic E-state index is 0.0974. The number of hydrogen-bond donors (Lipinski definition) is 1. The summed E-state index contributed by atoms with van der Waals surface area (Å²) in [5.74, 6) is 0.852. The van der Waals surface area contributed by atoms with Crippen molar-refractivity contribution in [3.63, 3.8) is 0 Å². The third-order valence-corrected chi connectivity index (χ3v) is 3.05. The Morgan fingerprint density at radius 1 is 1.35 bits per heavy atom. The summed E-state index contributed by atoms with van der Waals surface area (Å²) in [6, 6.07) is 0.185. The molecule has 0 saturated carbocycles. The molecule has 0 bridgehead atoms. The van der Waals surface area contributed by atoms with Gasteiger partial charge in [-0.05, 0) is 46.2 Å². The van der Waals surface area contributed by atoms with Gasteiger partial charge in [0, 0.05) is 19.5 Å². The molecule has 1 heterocycles. The summed E-state index contributed by atoms with van der Waals surface area (Å²) in [6.07, 6.45) is 5.63. The summed E-state index contributed by atoms with van der Waals surface area (Å²) in [4.78, 5) is 8.72. The maximum absolute atomic E-state index is 5.42. The van der Waals surface area contributed by atoms with Gasteiger partial charge in [0.15, 0.2) is 0 Å². The van der Waals surface area contributed by atoms with Crippen LogP contribution in [-0.2, 0) is 4.74 Å². The lowest BCUT2D eigenvalue weighted by Gasteiger charge is -2.25. The molecular formula is C13H23N3O. The number of nitrogens with one attached hydrogen (secondary N) is 1. The van der Waals surface area contributed by atoms with Gasteiger partial charge in [-0.2, -0.15) is 0 Å². The van der Waals surface area contributed by atoms with E-state index >= 15 is 0 Å². The summed E-state index contributed by atoms with van der Waals surface area (Å²) >= 11 is 0. The molecule has 1 aromatic heterocycles. The SMILES string of the molecule is CNC(CCC(C)(C)OC)c1ncc(C)cn1. The molecule has 1 unspecified atom stereocenters. The van der Waals surface area contributed by atoms with E-state index in [1.54, 1.807) is 7.11 Å². The molecule has 0 aliphatic carbocycles. The van der Waals surface area contributed by atoms with Crippen molar-refractivity contribution in [1.82, 2.24) is 15.3 Å². The van der Waals surface area contributed by atoms with Gasteiger partial charge in [-0.15, -0.1) is 0 Å². The number of aromatic nitrogens is 2. The van der Waals surface area contributed by atoms with Crippen LogP contribution in [0.3, 0.4) is 0 Å². The van der Waals surface area contributed by atoms with Gasteiger partial charge in [0.2, 0.25) is 0 Å². The van der Waals surface area contributed by atoms with E-state index in [9.17, 15) is 0 Å². The molecule has 0 aromatic carbocycles. The number of ether oxygens (including phenoxy) is 1. The van der Waals surface area contributed by atoms with Gasteiger partial charge in [-0.3, -0.25) is 0 Å². The predicted molar refractivity (Wildman–Crippen MR) is 68.9 cm³/mol. The topological polar surface area (TPSA) is 47.0 Å². The fourth-order valence-electron chi connectivity index (χ4n) is 1.58. The first kappa shape index (κ1) is 14.1. The molecule has 0 radical (unpaired) electrons. The molecule has 17 heavy (non-hydrogen) atoms. The Kier molecular flexibility index (Phi) is 5.02. The highest BCUT2D eigenvalue weighted by Crippen LogP contribution is 2.22. The first-order valence-corrected chi connectivity index (χ1v) is 5.99. The molecule has 1 rings (SSSR count). The zero-order valence-corrected chi connectivity index (χ0v) is 11.4. The van der Waals surface area contributed by atoms with Crippen molar-refractivity contribution in [1.29, 1.82) is 0 Å². The van der Waals surface area contributed by atoms with E-state index in [0.29, 0.717) is 0 Å². The van der Waals surface area contributed by atoms with E-state index in [-0.39, 0.29) is 11.6 Å². The van der Waals surface area contributed by atoms with E-state index < -0.39 is 0 Å². The van der Waals surface area contributed by atoms with Crippen molar-refractivity contribution in [2.75, 3.05) is 14.2 Å². The Morgan fingerprint density at radius 2 is 1.94 bits per heavy atom. The second-order valence-electron chi connectivity index (χ2n) is 4.96. The van der Waals surface area contributed by atoms with Gasteiger partial charge >= 0.3 is 0 Å². The van der Waals surface area contributed by atoms with Gasteiger partial charge in [-0.25, -0.2) is 9.97 Å². The summed E-state index contributed by atoms with van der Waals surface area (Å²) in [5.41, 5.74) is 0.987. The third kappa shape index (κ3) is 4.40. The lowest BCUT2D eigenvalue weighted by molar-refractivity contribution is 0.0116. The maximum Gasteiger partial charge on any atom is 0.145 e. The highest BCUT2D eigenvalue weighted by atomic mass is 16.5. The number of methoxy groups -OCH3 is 1. The van der Waals surface area contributed by atoms with Crippen LogP contribution >= 0.6 is 0 Å². The standard InChI is InChI=1S/C13H23N3O/c1-10-8-15-12(16-9-10)11(14-4)6-7-13(2,3)17-5/h8-9,11,14H,6-7H2,1-5H3. The van der Waals surface area contributed by atoms with Gasteiger partial charge in [0.1, 0.15) is 5.82 Å². The van der Waals surface area contributed by atoms with E-state index in [4.69, 9.17) is 4.74 Å². The molecule has 4 heteroatoms. The van der Waals surface area contributed by atoms with Crippen LogP contribution in [0.2, 0.25) is 0 Å². The van der Waals surface area contributed by atoms with Crippen LogP contribution in [-0.4, -0.2) is 29.7 Å². The number of hydrogen-bond acceptors (Lipinski definition) is 4. The Hall–Kier alpha value is -1.00. The highest BCUT2D eigenvalue weighted by molar-refractivity contribution is 5.04. The van der Waals surface area contributed by atoms with E-state index in [2.05, 4.69) is 29.1 Å². The molecule has 0 fully saturated rings. The van der Waals surface area contributed by atoms with Crippen LogP contribution in [0, 0.1) is 6.92 Å². The summed E-state index contributed by atoms with van der Waals surface area (Å²) in [7, 11) is 3.68. The maximum atomic E-state index is 5.42. The average molecular weight is 237 g/mol. The van der Waals surface area contributed by atoms with E-state index in [1.807, 2.05) is 26.4 Å². The third-order valence-electron chi connectivity index (χ3n) is 3.05. The second-order valence-corrected chi connectivity index (χ2v) is 4.96. The van der Waals surface area contributed by atoms with Crippen LogP contribution in [0.15, 0.2) is 12.4 Å². The minimum atomic E-state index is -0.0974. The van der Waals surface area contributed by atoms with Crippen LogP contribution in [0.1, 0.15) is 44.1 Å². The first-order chi connectivity index (χ1) is 7.98. The Bertz CT molecular complexity index is 335. The minimum Gasteiger partial charge on any atom is -0.379 e. The zero-order valence-electron chi connectivity index (χ0n) is 11.4. The number of nitrogens with zero attached hydrogens (tertiary/aromatic N) is 2. The Balaban J connectivity index is 2.63. The Labute approximate surface area is 104 Å². The Morgan fingerprint density at radius 3 is 2.41 bits per heavy atom. The van der Waals surface area contributed by atoms with Gasteiger partial charge in [0.25, 0.3) is 0 Å². The molecule has 0 aliphatic heterocycles. The van der Waals surface area contributed by atoms with E-state index in [1.165, 1.54) is 0 Å². The molecule has 1 aromatic rings. The molecule has 0 spiro atoms. The van der Waals surface area contributed by atoms with Crippen LogP contribution in [0.25, 0.3) is 0 Å². The molecule has 0 saturated heterocycles. The molecule has 0 aliphatic rings. The molecule has 4 nitrogen and oxygen atoms in total. The first-order valence-electron chi connectivity index (χ1n) is 5.99. The van der Waals surface area contributed by atoms with Crippen molar-refractivity contribution in [3.05, 3.63) is 23.8 Å². The largest absolute Gasteiger partial charge is 0.379 e. The average Bonchev–Trinajstić information content (AvgIpc) is 2.32.